The monoisotopic (exact) mass is 279 g/mol. The van der Waals surface area contributed by atoms with Gasteiger partial charge in [-0.3, -0.25) is 9.69 Å². The molecule has 20 heavy (non-hydrogen) atoms. The molecule has 3 atom stereocenters. The third-order valence-corrected chi connectivity index (χ3v) is 5.97. The molecular formula is C16H29N3O. The Kier molecular flexibility index (Phi) is 4.04. The van der Waals surface area contributed by atoms with Crippen molar-refractivity contribution in [3.63, 3.8) is 0 Å². The first-order chi connectivity index (χ1) is 9.67. The number of piperidine rings is 1. The molecule has 3 fully saturated rings. The smallest absolute Gasteiger partial charge is 0.239 e. The fourth-order valence-corrected chi connectivity index (χ4v) is 4.64. The molecule has 3 N–H and O–H groups in total. The van der Waals surface area contributed by atoms with Crippen molar-refractivity contribution in [2.45, 2.75) is 62.9 Å². The zero-order chi connectivity index (χ0) is 14.2. The zero-order valence-corrected chi connectivity index (χ0v) is 12.7. The van der Waals surface area contributed by atoms with Gasteiger partial charge in [0.25, 0.3) is 0 Å². The highest BCUT2D eigenvalue weighted by molar-refractivity contribution is 5.86. The molecule has 0 aromatic rings. The van der Waals surface area contributed by atoms with Gasteiger partial charge < -0.3 is 11.1 Å². The summed E-state index contributed by atoms with van der Waals surface area (Å²) in [4.78, 5) is 14.7. The van der Waals surface area contributed by atoms with E-state index in [9.17, 15) is 4.79 Å². The second-order valence-electron chi connectivity index (χ2n) is 7.08. The molecule has 0 aromatic carbocycles. The predicted molar refractivity (Wildman–Crippen MR) is 80.3 cm³/mol. The van der Waals surface area contributed by atoms with Crippen LogP contribution in [-0.4, -0.2) is 42.5 Å². The Labute approximate surface area is 122 Å². The predicted octanol–water partition coefficient (Wildman–Crippen LogP) is 1.49. The number of nitrogens with zero attached hydrogens (tertiary/aromatic N) is 1. The highest BCUT2D eigenvalue weighted by Crippen LogP contribution is 2.42. The lowest BCUT2D eigenvalue weighted by Gasteiger charge is -2.47. The summed E-state index contributed by atoms with van der Waals surface area (Å²) in [6, 6.07) is 0.698. The second-order valence-corrected chi connectivity index (χ2v) is 7.08. The maximum absolute atomic E-state index is 12.1. The fraction of sp³-hybridized carbons (Fsp3) is 0.938. The van der Waals surface area contributed by atoms with Crippen LogP contribution in [0, 0.1) is 11.8 Å². The van der Waals surface area contributed by atoms with Crippen LogP contribution in [-0.2, 0) is 4.79 Å². The van der Waals surface area contributed by atoms with Crippen molar-refractivity contribution in [2.24, 2.45) is 17.6 Å². The lowest BCUT2D eigenvalue weighted by atomic mass is 9.77. The number of likely N-dealkylation sites (tertiary alicyclic amines) is 1. The molecule has 114 valence electrons. The summed E-state index contributed by atoms with van der Waals surface area (Å²) in [5.74, 6) is 1.16. The van der Waals surface area contributed by atoms with Crippen molar-refractivity contribution in [2.75, 3.05) is 20.1 Å². The van der Waals surface area contributed by atoms with Crippen LogP contribution in [0.25, 0.3) is 0 Å². The van der Waals surface area contributed by atoms with Crippen LogP contribution < -0.4 is 11.1 Å². The Morgan fingerprint density at radius 3 is 2.55 bits per heavy atom. The molecule has 0 radical (unpaired) electrons. The summed E-state index contributed by atoms with van der Waals surface area (Å²) in [5, 5.41) is 3.30. The molecule has 1 amide bonds. The van der Waals surface area contributed by atoms with Gasteiger partial charge >= 0.3 is 0 Å². The maximum Gasteiger partial charge on any atom is 0.239 e. The van der Waals surface area contributed by atoms with E-state index in [0.29, 0.717) is 12.0 Å². The molecule has 4 heteroatoms. The van der Waals surface area contributed by atoms with Crippen LogP contribution in [0.4, 0.5) is 0 Å². The molecule has 1 saturated heterocycles. The first-order valence-corrected chi connectivity index (χ1v) is 8.40. The number of nitrogens with one attached hydrogen (secondary N) is 1. The van der Waals surface area contributed by atoms with Crippen LogP contribution >= 0.6 is 0 Å². The molecule has 0 spiro atoms. The van der Waals surface area contributed by atoms with Crippen LogP contribution in [0.1, 0.15) is 51.4 Å². The molecule has 1 heterocycles. The van der Waals surface area contributed by atoms with E-state index in [2.05, 4.69) is 10.2 Å². The fourth-order valence-electron chi connectivity index (χ4n) is 4.64. The Morgan fingerprint density at radius 2 is 1.90 bits per heavy atom. The third-order valence-electron chi connectivity index (χ3n) is 5.97. The van der Waals surface area contributed by atoms with Crippen LogP contribution in [0.3, 0.4) is 0 Å². The summed E-state index contributed by atoms with van der Waals surface area (Å²) in [6.07, 6.45) is 10.4. The van der Waals surface area contributed by atoms with E-state index in [-0.39, 0.29) is 5.91 Å². The van der Waals surface area contributed by atoms with Gasteiger partial charge in [-0.15, -0.1) is 0 Å². The van der Waals surface area contributed by atoms with Crippen LogP contribution in [0.2, 0.25) is 0 Å². The van der Waals surface area contributed by atoms with E-state index < -0.39 is 5.54 Å². The number of primary amides is 1. The summed E-state index contributed by atoms with van der Waals surface area (Å²) in [7, 11) is 1.91. The summed E-state index contributed by atoms with van der Waals surface area (Å²) in [6.45, 7) is 1.97. The van der Waals surface area contributed by atoms with E-state index in [4.69, 9.17) is 5.73 Å². The molecule has 4 nitrogen and oxygen atoms in total. The largest absolute Gasteiger partial charge is 0.368 e. The summed E-state index contributed by atoms with van der Waals surface area (Å²) < 4.78 is 0. The van der Waals surface area contributed by atoms with E-state index in [1.54, 1.807) is 0 Å². The number of rotatable bonds is 5. The minimum atomic E-state index is -0.487. The van der Waals surface area contributed by atoms with Gasteiger partial charge in [0.05, 0.1) is 0 Å². The molecule has 3 rings (SSSR count). The van der Waals surface area contributed by atoms with Crippen molar-refractivity contribution in [3.05, 3.63) is 0 Å². The zero-order valence-electron chi connectivity index (χ0n) is 12.7. The molecule has 1 unspecified atom stereocenters. The highest BCUT2D eigenvalue weighted by atomic mass is 16.1. The minimum absolute atomic E-state index is 0.152. The quantitative estimate of drug-likeness (QED) is 0.802. The van der Waals surface area contributed by atoms with E-state index in [1.807, 2.05) is 7.05 Å². The topological polar surface area (TPSA) is 58.4 Å². The van der Waals surface area contributed by atoms with Gasteiger partial charge in [-0.2, -0.15) is 0 Å². The Balaban J connectivity index is 1.75. The lowest BCUT2D eigenvalue weighted by molar-refractivity contribution is -0.127. The molecule has 3 aliphatic rings. The first-order valence-electron chi connectivity index (χ1n) is 8.40. The van der Waals surface area contributed by atoms with Gasteiger partial charge in [-0.25, -0.2) is 0 Å². The number of amides is 1. The number of nitrogens with two attached hydrogens (primary N) is 1. The number of carbonyl (C=O) groups is 1. The molecule has 2 saturated carbocycles. The molecule has 0 aromatic heterocycles. The number of hydrogen-bond acceptors (Lipinski definition) is 3. The standard InChI is InChI=1S/C16H29N3O/c1-18-16(15(17)20,13-8-9-13)11-19-10-4-6-12-5-2-3-7-14(12)19/h12-14,18H,2-11H2,1H3,(H2,17,20)/t12-,14-,16?/m1/s1. The average Bonchev–Trinajstić information content (AvgIpc) is 3.29. The van der Waals surface area contributed by atoms with Gasteiger partial charge in [-0.05, 0) is 64.0 Å². The van der Waals surface area contributed by atoms with E-state index >= 15 is 0 Å². The van der Waals surface area contributed by atoms with Crippen LogP contribution in [0.15, 0.2) is 0 Å². The van der Waals surface area contributed by atoms with Gasteiger partial charge in [0.1, 0.15) is 5.54 Å². The summed E-state index contributed by atoms with van der Waals surface area (Å²) >= 11 is 0. The van der Waals surface area contributed by atoms with Crippen molar-refractivity contribution < 1.29 is 4.79 Å². The highest BCUT2D eigenvalue weighted by Gasteiger charge is 2.51. The normalized spacial score (nSPS) is 34.2. The van der Waals surface area contributed by atoms with Gasteiger partial charge in [0.2, 0.25) is 5.91 Å². The molecule has 0 bridgehead atoms. The van der Waals surface area contributed by atoms with Gasteiger partial charge in [-0.1, -0.05) is 12.8 Å². The SMILES string of the molecule is CNC(CN1CCC[C@H]2CCCC[C@H]21)(C(N)=O)C1CC1. The molecular weight excluding hydrogens is 250 g/mol. The van der Waals surface area contributed by atoms with Crippen molar-refractivity contribution in [1.29, 1.82) is 0 Å². The van der Waals surface area contributed by atoms with Gasteiger partial charge in [0.15, 0.2) is 0 Å². The molecule has 1 aliphatic heterocycles. The number of likely N-dealkylation sites (N-methyl/N-ethyl adjacent to an activating group) is 1. The number of carbonyl (C=O) groups excluding carboxylic acids is 1. The Morgan fingerprint density at radius 1 is 1.20 bits per heavy atom. The number of fused-ring (bicyclic) bond motifs is 1. The number of hydrogen-bond donors (Lipinski definition) is 2. The second kappa shape index (κ2) is 5.64. The average molecular weight is 279 g/mol. The Bertz CT molecular complexity index is 367. The maximum atomic E-state index is 12.1. The minimum Gasteiger partial charge on any atom is -0.368 e. The lowest BCUT2D eigenvalue weighted by Crippen LogP contribution is -2.64. The van der Waals surface area contributed by atoms with Crippen LogP contribution in [0.5, 0.6) is 0 Å². The van der Waals surface area contributed by atoms with Gasteiger partial charge in [0, 0.05) is 12.6 Å². The Hall–Kier alpha value is -0.610. The van der Waals surface area contributed by atoms with Crippen molar-refractivity contribution in [1.82, 2.24) is 10.2 Å². The van der Waals surface area contributed by atoms with Crippen molar-refractivity contribution >= 4 is 5.91 Å². The molecule has 2 aliphatic carbocycles. The third kappa shape index (κ3) is 2.48. The van der Waals surface area contributed by atoms with E-state index in [0.717, 1.165) is 31.8 Å². The summed E-state index contributed by atoms with van der Waals surface area (Å²) in [5.41, 5.74) is 5.29. The first kappa shape index (κ1) is 14.3. The van der Waals surface area contributed by atoms with E-state index in [1.165, 1.54) is 38.5 Å². The van der Waals surface area contributed by atoms with Crippen molar-refractivity contribution in [3.8, 4) is 0 Å².